The molecule has 2 fully saturated rings. The Balaban J connectivity index is 1.47. The van der Waals surface area contributed by atoms with E-state index in [9.17, 15) is 15.0 Å². The maximum Gasteiger partial charge on any atom is 0.230 e. The van der Waals surface area contributed by atoms with E-state index in [-0.39, 0.29) is 11.3 Å². The summed E-state index contributed by atoms with van der Waals surface area (Å²) < 4.78 is 0. The lowest BCUT2D eigenvalue weighted by Gasteiger charge is -2.53. The Labute approximate surface area is 176 Å². The normalized spacial score (nSPS) is 36.3. The molecule has 2 saturated carbocycles. The SMILES string of the molecule is C[C@]12CC[C@@H]3c4ccc(O)cc4CC[C@H]3[C@@H]1CC[C@]2(O)CCCNC(=O)CBr. The van der Waals surface area contributed by atoms with E-state index in [0.717, 1.165) is 44.9 Å². The molecule has 3 aliphatic carbocycles. The first-order chi connectivity index (χ1) is 13.4. The van der Waals surface area contributed by atoms with Gasteiger partial charge in [0.1, 0.15) is 5.75 Å². The molecule has 3 N–H and O–H groups in total. The smallest absolute Gasteiger partial charge is 0.230 e. The fourth-order valence-corrected chi connectivity index (χ4v) is 6.94. The highest BCUT2D eigenvalue weighted by atomic mass is 79.9. The molecule has 3 aliphatic rings. The zero-order chi connectivity index (χ0) is 19.9. The van der Waals surface area contributed by atoms with E-state index in [0.29, 0.717) is 35.4 Å². The van der Waals surface area contributed by atoms with Gasteiger partial charge in [-0.05, 0) is 97.8 Å². The maximum atomic E-state index is 11.6. The number of rotatable bonds is 5. The monoisotopic (exact) mass is 449 g/mol. The Kier molecular flexibility index (Phi) is 5.51. The van der Waals surface area contributed by atoms with Crippen LogP contribution < -0.4 is 5.32 Å². The zero-order valence-electron chi connectivity index (χ0n) is 16.7. The number of amides is 1. The standard InChI is InChI=1S/C23H32BrNO3/c1-22-10-7-18-17-6-4-16(26)13-15(17)3-5-19(18)20(22)8-11-23(22,28)9-2-12-25-21(27)14-24/h4,6,13,18-20,26,28H,2-3,5,7-12,14H2,1H3,(H,25,27)/t18-,19-,20+,22+,23-/m1/s1. The van der Waals surface area contributed by atoms with Gasteiger partial charge in [0.05, 0.1) is 10.9 Å². The van der Waals surface area contributed by atoms with Gasteiger partial charge in [-0.25, -0.2) is 0 Å². The predicted molar refractivity (Wildman–Crippen MR) is 114 cm³/mol. The fraction of sp³-hybridized carbons (Fsp3) is 0.696. The van der Waals surface area contributed by atoms with E-state index in [1.165, 1.54) is 17.5 Å². The molecule has 0 saturated heterocycles. The number of phenols is 1. The number of hydrogen-bond donors (Lipinski definition) is 3. The summed E-state index contributed by atoms with van der Waals surface area (Å²) in [5, 5.41) is 24.7. The van der Waals surface area contributed by atoms with Crippen LogP contribution in [-0.4, -0.2) is 33.6 Å². The number of fused-ring (bicyclic) bond motifs is 5. The van der Waals surface area contributed by atoms with Crippen LogP contribution in [0.4, 0.5) is 0 Å². The van der Waals surface area contributed by atoms with E-state index in [4.69, 9.17) is 0 Å². The van der Waals surface area contributed by atoms with E-state index in [2.05, 4.69) is 34.2 Å². The van der Waals surface area contributed by atoms with Crippen molar-refractivity contribution in [2.24, 2.45) is 17.3 Å². The lowest BCUT2D eigenvalue weighted by Crippen LogP contribution is -2.51. The number of carbonyl (C=O) groups is 1. The largest absolute Gasteiger partial charge is 0.508 e. The van der Waals surface area contributed by atoms with Crippen LogP contribution in [0.25, 0.3) is 0 Å². The molecule has 0 spiro atoms. The van der Waals surface area contributed by atoms with E-state index >= 15 is 0 Å². The van der Waals surface area contributed by atoms with Gasteiger partial charge in [0.15, 0.2) is 0 Å². The van der Waals surface area contributed by atoms with Gasteiger partial charge in [-0.3, -0.25) is 4.79 Å². The number of aliphatic hydroxyl groups is 1. The number of carbonyl (C=O) groups excluding carboxylic acids is 1. The molecule has 0 bridgehead atoms. The van der Waals surface area contributed by atoms with Crippen molar-refractivity contribution in [3.63, 3.8) is 0 Å². The van der Waals surface area contributed by atoms with Crippen molar-refractivity contribution < 1.29 is 15.0 Å². The average Bonchev–Trinajstić information content (AvgIpc) is 2.96. The summed E-state index contributed by atoms with van der Waals surface area (Å²) in [6.45, 7) is 2.96. The molecule has 5 heteroatoms. The van der Waals surface area contributed by atoms with E-state index < -0.39 is 5.60 Å². The molecule has 0 unspecified atom stereocenters. The van der Waals surface area contributed by atoms with Crippen molar-refractivity contribution in [3.8, 4) is 5.75 Å². The van der Waals surface area contributed by atoms with Gasteiger partial charge < -0.3 is 15.5 Å². The van der Waals surface area contributed by atoms with Crippen molar-refractivity contribution in [1.82, 2.24) is 5.32 Å². The Morgan fingerprint density at radius 3 is 2.89 bits per heavy atom. The second kappa shape index (κ2) is 7.64. The minimum Gasteiger partial charge on any atom is -0.508 e. The van der Waals surface area contributed by atoms with Crippen LogP contribution >= 0.6 is 15.9 Å². The number of alkyl halides is 1. The molecule has 1 aromatic carbocycles. The molecule has 1 aromatic rings. The van der Waals surface area contributed by atoms with Crippen LogP contribution in [0.2, 0.25) is 0 Å². The third-order valence-corrected chi connectivity index (χ3v) is 8.75. The van der Waals surface area contributed by atoms with Crippen LogP contribution in [0.3, 0.4) is 0 Å². The topological polar surface area (TPSA) is 69.6 Å². The van der Waals surface area contributed by atoms with E-state index in [1.54, 1.807) is 0 Å². The minimum absolute atomic E-state index is 0.00918. The highest BCUT2D eigenvalue weighted by molar-refractivity contribution is 9.09. The first-order valence-corrected chi connectivity index (χ1v) is 11.9. The van der Waals surface area contributed by atoms with Crippen molar-refractivity contribution in [1.29, 1.82) is 0 Å². The first kappa shape index (κ1) is 20.2. The molecule has 4 nitrogen and oxygen atoms in total. The predicted octanol–water partition coefficient (Wildman–Crippen LogP) is 4.27. The Hall–Kier alpha value is -1.07. The molecule has 5 atom stereocenters. The van der Waals surface area contributed by atoms with Crippen molar-refractivity contribution >= 4 is 21.8 Å². The van der Waals surface area contributed by atoms with Crippen LogP contribution in [0.15, 0.2) is 18.2 Å². The molecule has 0 radical (unpaired) electrons. The quantitative estimate of drug-likeness (QED) is 0.464. The lowest BCUT2D eigenvalue weighted by molar-refractivity contribution is -0.119. The van der Waals surface area contributed by atoms with Crippen molar-refractivity contribution in [2.45, 2.75) is 69.8 Å². The highest BCUT2D eigenvalue weighted by Crippen LogP contribution is 2.65. The molecule has 4 rings (SSSR count). The fourth-order valence-electron chi connectivity index (χ4n) is 6.75. The van der Waals surface area contributed by atoms with Gasteiger partial charge in [-0.2, -0.15) is 0 Å². The van der Waals surface area contributed by atoms with Crippen LogP contribution in [0.5, 0.6) is 5.75 Å². The van der Waals surface area contributed by atoms with Gasteiger partial charge in [0.2, 0.25) is 5.91 Å². The van der Waals surface area contributed by atoms with Gasteiger partial charge in [-0.1, -0.05) is 28.9 Å². The van der Waals surface area contributed by atoms with Gasteiger partial charge in [0, 0.05) is 6.54 Å². The second-order valence-corrected chi connectivity index (χ2v) is 9.97. The van der Waals surface area contributed by atoms with Gasteiger partial charge in [0.25, 0.3) is 0 Å². The molecule has 0 aromatic heterocycles. The zero-order valence-corrected chi connectivity index (χ0v) is 18.3. The number of aromatic hydroxyl groups is 1. The Bertz CT molecular complexity index is 753. The number of benzene rings is 1. The summed E-state index contributed by atoms with van der Waals surface area (Å²) in [7, 11) is 0. The number of phenolic OH excluding ortho intramolecular Hbond substituents is 1. The molecule has 0 heterocycles. The highest BCUT2D eigenvalue weighted by Gasteiger charge is 2.60. The number of hydrogen-bond acceptors (Lipinski definition) is 3. The molecular weight excluding hydrogens is 418 g/mol. The summed E-state index contributed by atoms with van der Waals surface area (Å²) in [6, 6.07) is 5.92. The van der Waals surface area contributed by atoms with Crippen LogP contribution in [-0.2, 0) is 11.2 Å². The summed E-state index contributed by atoms with van der Waals surface area (Å²) in [6.07, 6.45) is 7.97. The minimum atomic E-state index is -0.614. The van der Waals surface area contributed by atoms with Gasteiger partial charge in [-0.15, -0.1) is 0 Å². The van der Waals surface area contributed by atoms with Crippen molar-refractivity contribution in [2.75, 3.05) is 11.9 Å². The number of nitrogens with one attached hydrogen (secondary N) is 1. The first-order valence-electron chi connectivity index (χ1n) is 10.7. The third kappa shape index (κ3) is 3.28. The van der Waals surface area contributed by atoms with Crippen LogP contribution in [0, 0.1) is 17.3 Å². The van der Waals surface area contributed by atoms with Crippen molar-refractivity contribution in [3.05, 3.63) is 29.3 Å². The van der Waals surface area contributed by atoms with E-state index in [1.807, 2.05) is 12.1 Å². The summed E-state index contributed by atoms with van der Waals surface area (Å²) in [4.78, 5) is 11.4. The summed E-state index contributed by atoms with van der Waals surface area (Å²) in [5.41, 5.74) is 2.11. The molecule has 0 aliphatic heterocycles. The Morgan fingerprint density at radius 2 is 2.11 bits per heavy atom. The Morgan fingerprint density at radius 1 is 1.29 bits per heavy atom. The number of halogens is 1. The van der Waals surface area contributed by atoms with Gasteiger partial charge >= 0.3 is 0 Å². The third-order valence-electron chi connectivity index (χ3n) is 8.24. The summed E-state index contributed by atoms with van der Waals surface area (Å²) in [5.74, 6) is 2.16. The molecule has 28 heavy (non-hydrogen) atoms. The summed E-state index contributed by atoms with van der Waals surface area (Å²) >= 11 is 3.17. The molecule has 154 valence electrons. The molecule has 1 amide bonds. The lowest BCUT2D eigenvalue weighted by atomic mass is 9.53. The average molecular weight is 450 g/mol. The maximum absolute atomic E-state index is 11.6. The second-order valence-electron chi connectivity index (χ2n) is 9.41. The molecular formula is C23H32BrNO3. The van der Waals surface area contributed by atoms with Crippen LogP contribution in [0.1, 0.15) is 68.9 Å². The number of aryl methyl sites for hydroxylation is 1.